The SMILES string of the molecule is CCN1CCC(CNC(=NC)NC(C)COC)C1. The molecule has 1 aliphatic heterocycles. The number of aliphatic imine (C=N–C) groups is 1. The highest BCUT2D eigenvalue weighted by Crippen LogP contribution is 2.14. The molecule has 1 rings (SSSR count). The highest BCUT2D eigenvalue weighted by Gasteiger charge is 2.21. The zero-order valence-corrected chi connectivity index (χ0v) is 12.2. The second-order valence-corrected chi connectivity index (χ2v) is 5.00. The third-order valence-electron chi connectivity index (χ3n) is 3.40. The van der Waals surface area contributed by atoms with Crippen LogP contribution < -0.4 is 10.6 Å². The molecule has 0 aromatic carbocycles. The molecule has 0 bridgehead atoms. The Morgan fingerprint density at radius 3 is 2.89 bits per heavy atom. The minimum absolute atomic E-state index is 0.275. The average molecular weight is 256 g/mol. The topological polar surface area (TPSA) is 48.9 Å². The van der Waals surface area contributed by atoms with Crippen LogP contribution in [0, 0.1) is 5.92 Å². The molecule has 106 valence electrons. The molecule has 2 N–H and O–H groups in total. The van der Waals surface area contributed by atoms with Crippen molar-refractivity contribution in [1.29, 1.82) is 0 Å². The number of hydrogen-bond donors (Lipinski definition) is 2. The highest BCUT2D eigenvalue weighted by molar-refractivity contribution is 5.79. The maximum absolute atomic E-state index is 5.10. The van der Waals surface area contributed by atoms with E-state index in [2.05, 4.69) is 34.4 Å². The lowest BCUT2D eigenvalue weighted by Crippen LogP contribution is -2.45. The van der Waals surface area contributed by atoms with Crippen molar-refractivity contribution >= 4 is 5.96 Å². The third kappa shape index (κ3) is 5.23. The molecular weight excluding hydrogens is 228 g/mol. The van der Waals surface area contributed by atoms with Gasteiger partial charge < -0.3 is 20.3 Å². The van der Waals surface area contributed by atoms with Gasteiger partial charge in [0.25, 0.3) is 0 Å². The molecule has 5 nitrogen and oxygen atoms in total. The summed E-state index contributed by atoms with van der Waals surface area (Å²) in [6.45, 7) is 9.59. The fourth-order valence-corrected chi connectivity index (χ4v) is 2.33. The third-order valence-corrected chi connectivity index (χ3v) is 3.40. The maximum Gasteiger partial charge on any atom is 0.191 e. The Morgan fingerprint density at radius 2 is 2.33 bits per heavy atom. The Labute approximate surface area is 111 Å². The Morgan fingerprint density at radius 1 is 1.56 bits per heavy atom. The van der Waals surface area contributed by atoms with Crippen molar-refractivity contribution in [3.63, 3.8) is 0 Å². The van der Waals surface area contributed by atoms with Gasteiger partial charge in [0.1, 0.15) is 0 Å². The van der Waals surface area contributed by atoms with Gasteiger partial charge in [-0.05, 0) is 32.4 Å². The number of rotatable bonds is 6. The van der Waals surface area contributed by atoms with E-state index in [0.717, 1.165) is 25.0 Å². The zero-order chi connectivity index (χ0) is 13.4. The molecule has 5 heteroatoms. The first-order chi connectivity index (χ1) is 8.69. The Hall–Kier alpha value is -0.810. The van der Waals surface area contributed by atoms with E-state index in [1.165, 1.54) is 19.5 Å². The molecule has 1 heterocycles. The summed E-state index contributed by atoms with van der Waals surface area (Å²) in [4.78, 5) is 6.73. The molecule has 0 aliphatic carbocycles. The largest absolute Gasteiger partial charge is 0.383 e. The average Bonchev–Trinajstić information content (AvgIpc) is 2.82. The van der Waals surface area contributed by atoms with Crippen LogP contribution in [0.15, 0.2) is 4.99 Å². The van der Waals surface area contributed by atoms with Crippen LogP contribution in [-0.4, -0.2) is 63.8 Å². The Kier molecular flexibility index (Phi) is 7.05. The molecule has 1 fully saturated rings. The van der Waals surface area contributed by atoms with Crippen LogP contribution in [-0.2, 0) is 4.74 Å². The van der Waals surface area contributed by atoms with Crippen molar-refractivity contribution in [2.24, 2.45) is 10.9 Å². The van der Waals surface area contributed by atoms with Crippen molar-refractivity contribution in [2.45, 2.75) is 26.3 Å². The molecule has 0 amide bonds. The van der Waals surface area contributed by atoms with Crippen LogP contribution >= 0.6 is 0 Å². The van der Waals surface area contributed by atoms with Crippen LogP contribution in [0.2, 0.25) is 0 Å². The molecule has 1 saturated heterocycles. The summed E-state index contributed by atoms with van der Waals surface area (Å²) in [5, 5.41) is 6.72. The number of hydrogen-bond acceptors (Lipinski definition) is 3. The molecule has 18 heavy (non-hydrogen) atoms. The summed E-state index contributed by atoms with van der Waals surface area (Å²) in [6.07, 6.45) is 1.28. The van der Waals surface area contributed by atoms with Crippen molar-refractivity contribution in [3.05, 3.63) is 0 Å². The lowest BCUT2D eigenvalue weighted by atomic mass is 10.1. The monoisotopic (exact) mass is 256 g/mol. The molecule has 0 aromatic heterocycles. The van der Waals surface area contributed by atoms with Gasteiger partial charge in [-0.25, -0.2) is 0 Å². The first-order valence-electron chi connectivity index (χ1n) is 6.88. The minimum atomic E-state index is 0.275. The quantitative estimate of drug-likeness (QED) is 0.537. The second kappa shape index (κ2) is 8.32. The van der Waals surface area contributed by atoms with E-state index in [4.69, 9.17) is 4.74 Å². The number of ether oxygens (including phenoxy) is 1. The van der Waals surface area contributed by atoms with Gasteiger partial charge in [-0.1, -0.05) is 6.92 Å². The van der Waals surface area contributed by atoms with Crippen molar-refractivity contribution in [1.82, 2.24) is 15.5 Å². The van der Waals surface area contributed by atoms with Crippen molar-refractivity contribution in [2.75, 3.05) is 46.9 Å². The van der Waals surface area contributed by atoms with E-state index >= 15 is 0 Å². The predicted octanol–water partition coefficient (Wildman–Crippen LogP) is 0.528. The lowest BCUT2D eigenvalue weighted by Gasteiger charge is -2.19. The number of nitrogens with zero attached hydrogens (tertiary/aromatic N) is 2. The minimum Gasteiger partial charge on any atom is -0.383 e. The van der Waals surface area contributed by atoms with Crippen LogP contribution in [0.4, 0.5) is 0 Å². The maximum atomic E-state index is 5.10. The van der Waals surface area contributed by atoms with Gasteiger partial charge in [-0.15, -0.1) is 0 Å². The Balaban J connectivity index is 2.24. The molecule has 2 atom stereocenters. The van der Waals surface area contributed by atoms with Gasteiger partial charge in [0.15, 0.2) is 5.96 Å². The number of nitrogens with one attached hydrogen (secondary N) is 2. The van der Waals surface area contributed by atoms with E-state index in [9.17, 15) is 0 Å². The lowest BCUT2D eigenvalue weighted by molar-refractivity contribution is 0.179. The van der Waals surface area contributed by atoms with Crippen LogP contribution in [0.25, 0.3) is 0 Å². The number of methoxy groups -OCH3 is 1. The second-order valence-electron chi connectivity index (χ2n) is 5.00. The van der Waals surface area contributed by atoms with Gasteiger partial charge in [-0.3, -0.25) is 4.99 Å². The van der Waals surface area contributed by atoms with E-state index in [0.29, 0.717) is 6.61 Å². The van der Waals surface area contributed by atoms with Crippen LogP contribution in [0.5, 0.6) is 0 Å². The summed E-state index contributed by atoms with van der Waals surface area (Å²) in [7, 11) is 3.52. The Bertz CT molecular complexity index is 257. The van der Waals surface area contributed by atoms with Crippen molar-refractivity contribution < 1.29 is 4.74 Å². The highest BCUT2D eigenvalue weighted by atomic mass is 16.5. The molecule has 0 radical (unpaired) electrons. The first-order valence-corrected chi connectivity index (χ1v) is 6.88. The summed E-state index contributed by atoms with van der Waals surface area (Å²) in [5.74, 6) is 1.61. The van der Waals surface area contributed by atoms with Gasteiger partial charge >= 0.3 is 0 Å². The summed E-state index contributed by atoms with van der Waals surface area (Å²) in [6, 6.07) is 0.275. The number of guanidine groups is 1. The van der Waals surface area contributed by atoms with Crippen molar-refractivity contribution in [3.8, 4) is 0 Å². The first kappa shape index (κ1) is 15.2. The van der Waals surface area contributed by atoms with E-state index in [-0.39, 0.29) is 6.04 Å². The van der Waals surface area contributed by atoms with E-state index in [1.54, 1.807) is 7.11 Å². The smallest absolute Gasteiger partial charge is 0.191 e. The molecule has 1 aliphatic rings. The molecule has 0 saturated carbocycles. The van der Waals surface area contributed by atoms with Gasteiger partial charge in [0, 0.05) is 33.3 Å². The fraction of sp³-hybridized carbons (Fsp3) is 0.923. The molecule has 0 spiro atoms. The molecule has 0 aromatic rings. The van der Waals surface area contributed by atoms with Crippen LogP contribution in [0.1, 0.15) is 20.3 Å². The fourth-order valence-electron chi connectivity index (χ4n) is 2.33. The standard InChI is InChI=1S/C13H28N4O/c1-5-17-7-6-12(9-17)8-15-13(14-3)16-11(2)10-18-4/h11-12H,5-10H2,1-4H3,(H2,14,15,16). The summed E-state index contributed by atoms with van der Waals surface area (Å²) >= 11 is 0. The van der Waals surface area contributed by atoms with Crippen LogP contribution in [0.3, 0.4) is 0 Å². The number of likely N-dealkylation sites (tertiary alicyclic amines) is 1. The van der Waals surface area contributed by atoms with Gasteiger partial charge in [0.05, 0.1) is 6.61 Å². The zero-order valence-electron chi connectivity index (χ0n) is 12.2. The van der Waals surface area contributed by atoms with Gasteiger partial charge in [-0.2, -0.15) is 0 Å². The summed E-state index contributed by atoms with van der Waals surface area (Å²) < 4.78 is 5.10. The normalized spacial score (nSPS) is 23.1. The van der Waals surface area contributed by atoms with E-state index < -0.39 is 0 Å². The predicted molar refractivity (Wildman–Crippen MR) is 76.1 cm³/mol. The molecular formula is C13H28N4O. The van der Waals surface area contributed by atoms with Gasteiger partial charge in [0.2, 0.25) is 0 Å². The van der Waals surface area contributed by atoms with E-state index in [1.807, 2.05) is 7.05 Å². The molecule has 2 unspecified atom stereocenters. The summed E-state index contributed by atoms with van der Waals surface area (Å²) in [5.41, 5.74) is 0.